The van der Waals surface area contributed by atoms with Gasteiger partial charge in [-0.1, -0.05) is 0 Å². The topological polar surface area (TPSA) is 106 Å². The Morgan fingerprint density at radius 2 is 2.19 bits per heavy atom. The van der Waals surface area contributed by atoms with E-state index in [4.69, 9.17) is 14.2 Å². The van der Waals surface area contributed by atoms with Crippen LogP contribution in [-0.4, -0.2) is 34.0 Å². The van der Waals surface area contributed by atoms with Crippen LogP contribution in [0.5, 0.6) is 11.6 Å². The van der Waals surface area contributed by atoms with E-state index in [0.29, 0.717) is 24.3 Å². The van der Waals surface area contributed by atoms with E-state index in [0.717, 1.165) is 4.68 Å². The van der Waals surface area contributed by atoms with Gasteiger partial charge in [-0.2, -0.15) is 0 Å². The molecule has 2 heterocycles. The fraction of sp³-hybridized carbons (Fsp3) is 0.412. The molecule has 0 fully saturated rings. The number of fused-ring (bicyclic) bond motifs is 1. The van der Waals surface area contributed by atoms with Crippen LogP contribution in [0.25, 0.3) is 0 Å². The molecule has 26 heavy (non-hydrogen) atoms. The van der Waals surface area contributed by atoms with Crippen molar-refractivity contribution in [2.24, 2.45) is 7.05 Å². The molecule has 0 saturated carbocycles. The lowest BCUT2D eigenvalue weighted by Gasteiger charge is -2.39. The monoisotopic (exact) mass is 361 g/mol. The Hall–Kier alpha value is -2.94. The summed E-state index contributed by atoms with van der Waals surface area (Å²) in [5.41, 5.74) is -0.416. The lowest BCUT2D eigenvalue weighted by atomic mass is 9.90. The van der Waals surface area contributed by atoms with Crippen molar-refractivity contribution in [1.82, 2.24) is 9.78 Å². The summed E-state index contributed by atoms with van der Waals surface area (Å²) < 4.78 is 18.4. The Morgan fingerprint density at radius 3 is 2.85 bits per heavy atom. The second kappa shape index (κ2) is 6.75. The zero-order valence-corrected chi connectivity index (χ0v) is 14.7. The molecule has 1 aromatic carbocycles. The average Bonchev–Trinajstić information content (AvgIpc) is 2.57. The molecule has 2 unspecified atom stereocenters. The minimum Gasteiger partial charge on any atom is -0.485 e. The van der Waals surface area contributed by atoms with Gasteiger partial charge in [0.1, 0.15) is 17.5 Å². The van der Waals surface area contributed by atoms with Gasteiger partial charge < -0.3 is 14.2 Å². The van der Waals surface area contributed by atoms with Crippen LogP contribution in [0.3, 0.4) is 0 Å². The Bertz CT molecular complexity index is 896. The van der Waals surface area contributed by atoms with Gasteiger partial charge in [0.15, 0.2) is 0 Å². The number of ether oxygens (including phenoxy) is 3. The number of non-ortho nitro benzene ring substituents is 1. The molecule has 0 saturated heterocycles. The van der Waals surface area contributed by atoms with Crippen LogP contribution in [-0.2, 0) is 11.8 Å². The maximum Gasteiger partial charge on any atom is 0.270 e. The molecule has 9 heteroatoms. The van der Waals surface area contributed by atoms with Crippen molar-refractivity contribution in [3.63, 3.8) is 0 Å². The molecule has 1 aliphatic rings. The Balaban J connectivity index is 2.01. The highest BCUT2D eigenvalue weighted by atomic mass is 16.6. The molecular weight excluding hydrogens is 342 g/mol. The summed E-state index contributed by atoms with van der Waals surface area (Å²) in [4.78, 5) is 22.2. The number of methoxy groups -OCH3 is 1. The summed E-state index contributed by atoms with van der Waals surface area (Å²) in [6.07, 6.45) is -0.136. The third-order valence-corrected chi connectivity index (χ3v) is 4.17. The second-order valence-electron chi connectivity index (χ2n) is 6.41. The molecule has 0 N–H and O–H groups in total. The Kier molecular flexibility index (Phi) is 4.64. The van der Waals surface area contributed by atoms with Gasteiger partial charge in [-0.15, -0.1) is 5.10 Å². The van der Waals surface area contributed by atoms with Crippen LogP contribution < -0.4 is 15.0 Å². The summed E-state index contributed by atoms with van der Waals surface area (Å²) in [5, 5.41) is 15.2. The average molecular weight is 361 g/mol. The number of aryl methyl sites for hydroxylation is 1. The third kappa shape index (κ3) is 3.52. The molecule has 1 aliphatic heterocycles. The van der Waals surface area contributed by atoms with Crippen LogP contribution in [0.4, 0.5) is 5.69 Å². The quantitative estimate of drug-likeness (QED) is 0.592. The van der Waals surface area contributed by atoms with Crippen LogP contribution in [0.15, 0.2) is 35.1 Å². The standard InChI is InChI=1S/C17H19N3O6/c1-17(10-24-3)9-14(25-15-6-7-16(21)19(2)18-15)12-8-11(20(22)23)4-5-13(12)26-17/h4-8,14H,9-10H2,1-3H3. The van der Waals surface area contributed by atoms with Gasteiger partial charge in [-0.05, 0) is 13.0 Å². The van der Waals surface area contributed by atoms with E-state index in [1.54, 1.807) is 13.2 Å². The maximum absolute atomic E-state index is 11.5. The molecule has 2 atom stereocenters. The summed E-state index contributed by atoms with van der Waals surface area (Å²) in [7, 11) is 3.09. The molecule has 3 rings (SSSR count). The van der Waals surface area contributed by atoms with E-state index in [-0.39, 0.29) is 17.1 Å². The fourth-order valence-electron chi connectivity index (χ4n) is 2.99. The summed E-state index contributed by atoms with van der Waals surface area (Å²) in [6.45, 7) is 2.20. The van der Waals surface area contributed by atoms with Gasteiger partial charge in [-0.25, -0.2) is 4.68 Å². The third-order valence-electron chi connectivity index (χ3n) is 4.17. The van der Waals surface area contributed by atoms with Crippen LogP contribution in [0.1, 0.15) is 25.0 Å². The van der Waals surface area contributed by atoms with E-state index in [1.165, 1.54) is 31.3 Å². The number of rotatable bonds is 5. The SMILES string of the molecule is COCC1(C)CC(Oc2ccc(=O)n(C)n2)c2cc([N+](=O)[O-])ccc2O1. The largest absolute Gasteiger partial charge is 0.485 e. The van der Waals surface area contributed by atoms with Gasteiger partial charge in [0.25, 0.3) is 11.2 Å². The first-order valence-corrected chi connectivity index (χ1v) is 7.99. The molecule has 138 valence electrons. The highest BCUT2D eigenvalue weighted by molar-refractivity contribution is 5.47. The lowest BCUT2D eigenvalue weighted by molar-refractivity contribution is -0.385. The lowest BCUT2D eigenvalue weighted by Crippen LogP contribution is -2.43. The summed E-state index contributed by atoms with van der Waals surface area (Å²) >= 11 is 0. The Labute approximate surface area is 149 Å². The molecule has 0 amide bonds. The van der Waals surface area contributed by atoms with E-state index < -0.39 is 16.6 Å². The number of aromatic nitrogens is 2. The number of benzene rings is 1. The van der Waals surface area contributed by atoms with E-state index in [2.05, 4.69) is 5.10 Å². The molecular formula is C17H19N3O6. The molecule has 0 spiro atoms. The number of nitro groups is 1. The van der Waals surface area contributed by atoms with E-state index >= 15 is 0 Å². The predicted molar refractivity (Wildman–Crippen MR) is 91.5 cm³/mol. The molecule has 0 radical (unpaired) electrons. The van der Waals surface area contributed by atoms with Crippen molar-refractivity contribution in [2.75, 3.05) is 13.7 Å². The van der Waals surface area contributed by atoms with Gasteiger partial charge in [-0.3, -0.25) is 14.9 Å². The predicted octanol–water partition coefficient (Wildman–Crippen LogP) is 2.00. The van der Waals surface area contributed by atoms with Crippen molar-refractivity contribution >= 4 is 5.69 Å². The maximum atomic E-state index is 11.5. The van der Waals surface area contributed by atoms with Crippen molar-refractivity contribution in [1.29, 1.82) is 0 Å². The second-order valence-corrected chi connectivity index (χ2v) is 6.41. The minimum atomic E-state index is -0.663. The number of nitrogens with zero attached hydrogens (tertiary/aromatic N) is 3. The van der Waals surface area contributed by atoms with Crippen LogP contribution in [0, 0.1) is 10.1 Å². The summed E-state index contributed by atoms with van der Waals surface area (Å²) in [6, 6.07) is 7.21. The smallest absolute Gasteiger partial charge is 0.270 e. The first-order valence-electron chi connectivity index (χ1n) is 7.99. The molecule has 0 bridgehead atoms. The number of nitro benzene ring substituents is 1. The van der Waals surface area contributed by atoms with Crippen molar-refractivity contribution in [3.8, 4) is 11.6 Å². The molecule has 1 aromatic heterocycles. The first-order chi connectivity index (χ1) is 12.3. The number of hydrogen-bond acceptors (Lipinski definition) is 7. The Morgan fingerprint density at radius 1 is 1.42 bits per heavy atom. The highest BCUT2D eigenvalue weighted by Gasteiger charge is 2.39. The molecule has 0 aliphatic carbocycles. The summed E-state index contributed by atoms with van der Waals surface area (Å²) in [5.74, 6) is 0.743. The van der Waals surface area contributed by atoms with E-state index in [9.17, 15) is 14.9 Å². The fourth-order valence-corrected chi connectivity index (χ4v) is 2.99. The molecule has 2 aromatic rings. The van der Waals surface area contributed by atoms with Crippen LogP contribution in [0.2, 0.25) is 0 Å². The van der Waals surface area contributed by atoms with Crippen molar-refractivity contribution in [3.05, 3.63) is 56.4 Å². The van der Waals surface area contributed by atoms with Crippen molar-refractivity contribution in [2.45, 2.75) is 25.0 Å². The van der Waals surface area contributed by atoms with E-state index in [1.807, 2.05) is 6.92 Å². The molecule has 9 nitrogen and oxygen atoms in total. The zero-order valence-electron chi connectivity index (χ0n) is 14.7. The minimum absolute atomic E-state index is 0.0512. The van der Waals surface area contributed by atoms with Gasteiger partial charge in [0.05, 0.1) is 11.5 Å². The normalized spacial score (nSPS) is 21.6. The highest BCUT2D eigenvalue weighted by Crippen LogP contribution is 2.43. The van der Waals surface area contributed by atoms with Gasteiger partial charge in [0, 0.05) is 50.4 Å². The van der Waals surface area contributed by atoms with Gasteiger partial charge >= 0.3 is 0 Å². The van der Waals surface area contributed by atoms with Gasteiger partial charge in [0.2, 0.25) is 5.88 Å². The first kappa shape index (κ1) is 17.9. The zero-order chi connectivity index (χ0) is 18.9. The van der Waals surface area contributed by atoms with Crippen molar-refractivity contribution < 1.29 is 19.1 Å². The van der Waals surface area contributed by atoms with Crippen LogP contribution >= 0.6 is 0 Å². The number of hydrogen-bond donors (Lipinski definition) is 0.